The predicted molar refractivity (Wildman–Crippen MR) is 85.1 cm³/mol. The Morgan fingerprint density at radius 2 is 1.40 bits per heavy atom. The lowest BCUT2D eigenvalue weighted by Gasteiger charge is -2.18. The van der Waals surface area contributed by atoms with Crippen molar-refractivity contribution in [3.63, 3.8) is 0 Å². The summed E-state index contributed by atoms with van der Waals surface area (Å²) in [5.74, 6) is 0. The molecule has 82 valence electrons. The van der Waals surface area contributed by atoms with Gasteiger partial charge in [0.15, 0.2) is 0 Å². The Kier molecular flexibility index (Phi) is 6.85. The van der Waals surface area contributed by atoms with Crippen molar-refractivity contribution in [3.8, 4) is 0 Å². The normalized spacial score (nSPS) is 19.5. The Morgan fingerprint density at radius 3 is 2.07 bits per heavy atom. The van der Waals surface area contributed by atoms with Gasteiger partial charge in [-0.2, -0.15) is 3.71 Å². The number of rotatable bonds is 2. The third kappa shape index (κ3) is 5.20. The zero-order valence-electron chi connectivity index (χ0n) is 7.40. The first kappa shape index (κ1) is 13.1. The lowest BCUT2D eigenvalue weighted by atomic mass is 10.2. The van der Waals surface area contributed by atoms with Crippen LogP contribution in [0.1, 0.15) is 5.56 Å². The Labute approximate surface area is 116 Å². The third-order valence-corrected chi connectivity index (χ3v) is 14.6. The SMILES string of the molecule is c1ccc(CN2SSSSSSS2)cc1. The van der Waals surface area contributed by atoms with Crippen LogP contribution < -0.4 is 0 Å². The van der Waals surface area contributed by atoms with Crippen molar-refractivity contribution in [2.45, 2.75) is 6.54 Å². The Morgan fingerprint density at radius 1 is 0.800 bits per heavy atom. The summed E-state index contributed by atoms with van der Waals surface area (Å²) < 4.78 is 2.31. The molecule has 2 rings (SSSR count). The van der Waals surface area contributed by atoms with Crippen molar-refractivity contribution >= 4 is 71.1 Å². The summed E-state index contributed by atoms with van der Waals surface area (Å²) >= 11 is 0. The number of hydrogen-bond donors (Lipinski definition) is 0. The lowest BCUT2D eigenvalue weighted by Crippen LogP contribution is -2.02. The summed E-state index contributed by atoms with van der Waals surface area (Å²) in [6.07, 6.45) is 0. The van der Waals surface area contributed by atoms with Crippen molar-refractivity contribution < 1.29 is 0 Å². The van der Waals surface area contributed by atoms with Gasteiger partial charge < -0.3 is 0 Å². The highest BCUT2D eigenvalue weighted by atomic mass is 33.9. The largest absolute Gasteiger partial charge is 0.169 e. The summed E-state index contributed by atoms with van der Waals surface area (Å²) in [4.78, 5) is 0. The fraction of sp³-hybridized carbons (Fsp3) is 0.143. The van der Waals surface area contributed by atoms with E-state index in [4.69, 9.17) is 0 Å². The minimum atomic E-state index is 0.988. The van der Waals surface area contributed by atoms with Crippen LogP contribution >= 0.6 is 71.1 Å². The molecule has 0 atom stereocenters. The molecule has 0 spiro atoms. The van der Waals surface area contributed by atoms with Crippen LogP contribution in [0.3, 0.4) is 0 Å². The van der Waals surface area contributed by atoms with Crippen LogP contribution in [0.25, 0.3) is 0 Å². The molecule has 1 heterocycles. The molecule has 8 heteroatoms. The number of nitrogens with zero attached hydrogens (tertiary/aromatic N) is 1. The summed E-state index contributed by atoms with van der Waals surface area (Å²) in [5.41, 5.74) is 1.36. The van der Waals surface area contributed by atoms with Gasteiger partial charge in [-0.3, -0.25) is 0 Å². The topological polar surface area (TPSA) is 3.24 Å². The van der Waals surface area contributed by atoms with E-state index >= 15 is 0 Å². The molecule has 0 radical (unpaired) electrons. The molecule has 15 heavy (non-hydrogen) atoms. The second-order valence-electron chi connectivity index (χ2n) is 2.47. The Balaban J connectivity index is 1.86. The maximum absolute atomic E-state index is 2.31. The Hall–Kier alpha value is 1.63. The molecule has 0 aromatic heterocycles. The maximum atomic E-state index is 2.31. The summed E-state index contributed by atoms with van der Waals surface area (Å²) in [6.45, 7) is 0.988. The molecule has 1 nitrogen and oxygen atoms in total. The van der Waals surface area contributed by atoms with Crippen LogP contribution in [0, 0.1) is 0 Å². The van der Waals surface area contributed by atoms with E-state index in [1.165, 1.54) is 5.56 Å². The fourth-order valence-electron chi connectivity index (χ4n) is 0.924. The third-order valence-electron chi connectivity index (χ3n) is 1.49. The molecule has 1 fully saturated rings. The van der Waals surface area contributed by atoms with Gasteiger partial charge in [-0.25, -0.2) is 0 Å². The molecule has 0 saturated carbocycles. The van der Waals surface area contributed by atoms with Crippen molar-refractivity contribution in [2.75, 3.05) is 0 Å². The van der Waals surface area contributed by atoms with Crippen LogP contribution in [-0.2, 0) is 6.54 Å². The van der Waals surface area contributed by atoms with Crippen molar-refractivity contribution in [1.29, 1.82) is 0 Å². The first-order valence-corrected chi connectivity index (χ1v) is 12.7. The van der Waals surface area contributed by atoms with Gasteiger partial charge in [0.25, 0.3) is 0 Å². The van der Waals surface area contributed by atoms with Gasteiger partial charge in [-0.1, -0.05) is 30.3 Å². The molecule has 0 aliphatic carbocycles. The van der Waals surface area contributed by atoms with E-state index in [9.17, 15) is 0 Å². The average Bonchev–Trinajstić information content (AvgIpc) is 2.23. The van der Waals surface area contributed by atoms with E-state index < -0.39 is 0 Å². The van der Waals surface area contributed by atoms with Gasteiger partial charge in [0.05, 0.1) is 0 Å². The molecule has 1 saturated heterocycles. The van der Waals surface area contributed by atoms with Crippen molar-refractivity contribution in [3.05, 3.63) is 35.9 Å². The molecule has 1 aromatic carbocycles. The smallest absolute Gasteiger partial charge is 0.0470 e. The Bertz CT molecular complexity index is 274. The highest BCUT2D eigenvalue weighted by Gasteiger charge is 2.12. The van der Waals surface area contributed by atoms with E-state index in [1.54, 1.807) is 0 Å². The van der Waals surface area contributed by atoms with Gasteiger partial charge in [0.2, 0.25) is 0 Å². The van der Waals surface area contributed by atoms with Crippen LogP contribution in [0.5, 0.6) is 0 Å². The quantitative estimate of drug-likeness (QED) is 0.477. The van der Waals surface area contributed by atoms with E-state index in [2.05, 4.69) is 34.0 Å². The van der Waals surface area contributed by atoms with Crippen LogP contribution in [0.2, 0.25) is 0 Å². The fourth-order valence-corrected chi connectivity index (χ4v) is 16.0. The maximum Gasteiger partial charge on any atom is 0.0470 e. The molecule has 1 aliphatic heterocycles. The molecule has 1 aromatic rings. The number of benzene rings is 1. The summed E-state index contributed by atoms with van der Waals surface area (Å²) in [7, 11) is 12.8. The van der Waals surface area contributed by atoms with Crippen molar-refractivity contribution in [2.24, 2.45) is 0 Å². The molecule has 0 unspecified atom stereocenters. The first-order valence-electron chi connectivity index (χ1n) is 3.95. The lowest BCUT2D eigenvalue weighted by molar-refractivity contribution is 0.755. The zero-order chi connectivity index (χ0) is 10.3. The highest BCUT2D eigenvalue weighted by Crippen LogP contribution is 2.61. The minimum Gasteiger partial charge on any atom is -0.169 e. The summed E-state index contributed by atoms with van der Waals surface area (Å²) in [5, 5.41) is 0. The molecule has 1 aliphatic rings. The molecular weight excluding hydrogens is 323 g/mol. The van der Waals surface area contributed by atoms with Gasteiger partial charge in [0.1, 0.15) is 0 Å². The second kappa shape index (κ2) is 7.86. The predicted octanol–water partition coefficient (Wildman–Crippen LogP) is 5.95. The number of hydrogen-bond acceptors (Lipinski definition) is 8. The second-order valence-corrected chi connectivity index (χ2v) is 13.6. The average molecular weight is 330 g/mol. The zero-order valence-corrected chi connectivity index (χ0v) is 13.1. The molecule has 0 bridgehead atoms. The summed E-state index contributed by atoms with van der Waals surface area (Å²) in [6, 6.07) is 10.6. The van der Waals surface area contributed by atoms with Gasteiger partial charge >= 0.3 is 0 Å². The minimum absolute atomic E-state index is 0.988. The van der Waals surface area contributed by atoms with Gasteiger partial charge in [-0.05, 0) is 5.56 Å². The molecular formula is C7H7NS7. The molecule has 0 amide bonds. The standard InChI is InChI=1S/C7H7NS7/c1-2-4-7(5-3-1)6-8-9-11-13-15-14-12-10-8/h1-5H,6H2. The van der Waals surface area contributed by atoms with E-state index in [0.717, 1.165) is 6.54 Å². The van der Waals surface area contributed by atoms with Crippen LogP contribution in [0.15, 0.2) is 30.3 Å². The highest BCUT2D eigenvalue weighted by molar-refractivity contribution is 9.47. The van der Waals surface area contributed by atoms with Crippen LogP contribution in [0.4, 0.5) is 0 Å². The van der Waals surface area contributed by atoms with Gasteiger partial charge in [0, 0.05) is 77.6 Å². The monoisotopic (exact) mass is 329 g/mol. The first-order chi connectivity index (χ1) is 7.45. The van der Waals surface area contributed by atoms with E-state index in [0.29, 0.717) is 0 Å². The van der Waals surface area contributed by atoms with E-state index in [-0.39, 0.29) is 0 Å². The molecule has 0 N–H and O–H groups in total. The van der Waals surface area contributed by atoms with Crippen molar-refractivity contribution in [1.82, 2.24) is 3.71 Å². The van der Waals surface area contributed by atoms with Crippen LogP contribution in [-0.4, -0.2) is 3.71 Å². The van der Waals surface area contributed by atoms with E-state index in [1.807, 2.05) is 71.1 Å². The van der Waals surface area contributed by atoms with Gasteiger partial charge in [-0.15, -0.1) is 0 Å².